The number of rotatable bonds is 5. The van der Waals surface area contributed by atoms with Crippen molar-refractivity contribution in [2.75, 3.05) is 19.0 Å². The van der Waals surface area contributed by atoms with Crippen molar-refractivity contribution in [1.82, 2.24) is 4.98 Å². The number of hydrogen-bond acceptors (Lipinski definition) is 4. The topological polar surface area (TPSA) is 82.7 Å². The summed E-state index contributed by atoms with van der Waals surface area (Å²) in [6.07, 6.45) is 6.50. The largest absolute Gasteiger partial charge is 0.412 e. The first-order valence-corrected chi connectivity index (χ1v) is 10.3. The Balaban J connectivity index is 0.00000150. The van der Waals surface area contributed by atoms with Crippen molar-refractivity contribution in [3.63, 3.8) is 0 Å². The van der Waals surface area contributed by atoms with Crippen LogP contribution in [0, 0.1) is 5.92 Å². The lowest BCUT2D eigenvalue weighted by Gasteiger charge is -2.27. The van der Waals surface area contributed by atoms with Crippen LogP contribution in [0.3, 0.4) is 0 Å². The Labute approximate surface area is 170 Å². The van der Waals surface area contributed by atoms with Gasteiger partial charge in [0.1, 0.15) is 0 Å². The van der Waals surface area contributed by atoms with Crippen molar-refractivity contribution < 1.29 is 16.4 Å². The minimum atomic E-state index is -0.0779. The standard InChI is InChI=1S/C22H24N2O2S.H2O.H2/c1-26-14-15-6-8-16(9-7-15)19-11-10-18(13-23-19)24-22(25)21-12-17-4-2-3-5-20(17)27-21;;/h2-5,10-13,15-16H,6-9,14H2,1H3,(H,24,25);1H2;1H. The molecule has 0 atom stereocenters. The Morgan fingerprint density at radius 2 is 2.00 bits per heavy atom. The van der Waals surface area contributed by atoms with Crippen LogP contribution in [-0.2, 0) is 4.74 Å². The second-order valence-electron chi connectivity index (χ2n) is 7.25. The first-order valence-electron chi connectivity index (χ1n) is 9.48. The summed E-state index contributed by atoms with van der Waals surface area (Å²) < 4.78 is 6.40. The van der Waals surface area contributed by atoms with Crippen LogP contribution < -0.4 is 5.32 Å². The van der Waals surface area contributed by atoms with E-state index in [2.05, 4.69) is 16.4 Å². The van der Waals surface area contributed by atoms with E-state index in [4.69, 9.17) is 4.74 Å². The van der Waals surface area contributed by atoms with Gasteiger partial charge in [0.05, 0.1) is 16.8 Å². The van der Waals surface area contributed by atoms with Crippen LogP contribution in [0.15, 0.2) is 48.7 Å². The second-order valence-corrected chi connectivity index (χ2v) is 8.33. The van der Waals surface area contributed by atoms with E-state index in [1.54, 1.807) is 13.3 Å². The molecular formula is C22H28N2O3S. The first kappa shape index (κ1) is 20.5. The van der Waals surface area contributed by atoms with Gasteiger partial charge in [-0.3, -0.25) is 9.78 Å². The third-order valence-electron chi connectivity index (χ3n) is 5.36. The Kier molecular flexibility index (Phi) is 6.78. The zero-order valence-electron chi connectivity index (χ0n) is 16.0. The fourth-order valence-corrected chi connectivity index (χ4v) is 4.83. The molecule has 1 fully saturated rings. The van der Waals surface area contributed by atoms with Crippen LogP contribution in [-0.4, -0.2) is 30.1 Å². The minimum absolute atomic E-state index is 0. The molecule has 3 N–H and O–H groups in total. The fraction of sp³-hybridized carbons (Fsp3) is 0.364. The summed E-state index contributed by atoms with van der Waals surface area (Å²) in [5.41, 5.74) is 1.88. The molecular weight excluding hydrogens is 372 g/mol. The number of anilines is 1. The number of carbonyl (C=O) groups excluding carboxylic acids is 1. The van der Waals surface area contributed by atoms with Crippen LogP contribution >= 0.6 is 11.3 Å². The van der Waals surface area contributed by atoms with Gasteiger partial charge in [-0.2, -0.15) is 0 Å². The summed E-state index contributed by atoms with van der Waals surface area (Å²) in [7, 11) is 1.78. The van der Waals surface area contributed by atoms with Crippen LogP contribution in [0.1, 0.15) is 48.4 Å². The van der Waals surface area contributed by atoms with Crippen molar-refractivity contribution in [2.24, 2.45) is 5.92 Å². The molecule has 0 unspecified atom stereocenters. The van der Waals surface area contributed by atoms with E-state index in [0.29, 0.717) is 11.8 Å². The van der Waals surface area contributed by atoms with E-state index in [0.717, 1.165) is 45.8 Å². The van der Waals surface area contributed by atoms with E-state index >= 15 is 0 Å². The van der Waals surface area contributed by atoms with Gasteiger partial charge in [-0.15, -0.1) is 11.3 Å². The number of nitrogens with zero attached hydrogens (tertiary/aromatic N) is 1. The Hall–Kier alpha value is -2.28. The Morgan fingerprint density at radius 1 is 1.21 bits per heavy atom. The predicted molar refractivity (Wildman–Crippen MR) is 116 cm³/mol. The molecule has 4 rings (SSSR count). The van der Waals surface area contributed by atoms with Crippen molar-refractivity contribution in [3.05, 3.63) is 59.2 Å². The molecule has 1 aliphatic carbocycles. The maximum atomic E-state index is 12.5. The highest BCUT2D eigenvalue weighted by atomic mass is 32.1. The van der Waals surface area contributed by atoms with Crippen molar-refractivity contribution in [1.29, 1.82) is 0 Å². The fourth-order valence-electron chi connectivity index (χ4n) is 3.87. The number of nitrogens with one attached hydrogen (secondary N) is 1. The summed E-state index contributed by atoms with van der Waals surface area (Å²) in [4.78, 5) is 17.9. The van der Waals surface area contributed by atoms with Gasteiger partial charge < -0.3 is 15.5 Å². The number of carbonyl (C=O) groups is 1. The predicted octanol–water partition coefficient (Wildman–Crippen LogP) is 4.89. The monoisotopic (exact) mass is 400 g/mol. The summed E-state index contributed by atoms with van der Waals surface area (Å²) in [5.74, 6) is 1.13. The molecule has 0 radical (unpaired) electrons. The Bertz CT molecular complexity index is 888. The molecule has 0 spiro atoms. The van der Waals surface area contributed by atoms with Crippen LogP contribution in [0.4, 0.5) is 5.69 Å². The number of hydrogen-bond donors (Lipinski definition) is 1. The minimum Gasteiger partial charge on any atom is -0.412 e. The zero-order valence-corrected chi connectivity index (χ0v) is 16.8. The molecule has 3 aromatic rings. The molecule has 1 aromatic carbocycles. The summed E-state index contributed by atoms with van der Waals surface area (Å²) in [5, 5.41) is 4.07. The SMILES string of the molecule is COCC1CCC(c2ccc(NC(=O)c3cc4ccccc4s3)cn2)CC1.O.[HH]. The maximum absolute atomic E-state index is 12.5. The number of benzene rings is 1. The average molecular weight is 401 g/mol. The van der Waals surface area contributed by atoms with E-state index in [1.165, 1.54) is 24.2 Å². The Morgan fingerprint density at radius 3 is 2.68 bits per heavy atom. The highest BCUT2D eigenvalue weighted by Crippen LogP contribution is 2.35. The summed E-state index contributed by atoms with van der Waals surface area (Å²) >= 11 is 1.51. The molecule has 0 saturated heterocycles. The first-order chi connectivity index (χ1) is 13.2. The number of pyridine rings is 1. The number of ether oxygens (including phenoxy) is 1. The molecule has 150 valence electrons. The average Bonchev–Trinajstić information content (AvgIpc) is 3.14. The smallest absolute Gasteiger partial charge is 0.265 e. The number of methoxy groups -OCH3 is 1. The number of fused-ring (bicyclic) bond motifs is 1. The van der Waals surface area contributed by atoms with E-state index < -0.39 is 0 Å². The summed E-state index contributed by atoms with van der Waals surface area (Å²) in [6, 6.07) is 14.0. The van der Waals surface area contributed by atoms with Crippen LogP contribution in [0.2, 0.25) is 0 Å². The quantitative estimate of drug-likeness (QED) is 0.662. The molecule has 1 aliphatic rings. The van der Waals surface area contributed by atoms with E-state index in [9.17, 15) is 4.79 Å². The lowest BCUT2D eigenvalue weighted by atomic mass is 9.80. The lowest BCUT2D eigenvalue weighted by Crippen LogP contribution is -2.18. The van der Waals surface area contributed by atoms with Gasteiger partial charge in [0.2, 0.25) is 0 Å². The maximum Gasteiger partial charge on any atom is 0.265 e. The molecule has 0 bridgehead atoms. The summed E-state index contributed by atoms with van der Waals surface area (Å²) in [6.45, 7) is 0.864. The third-order valence-corrected chi connectivity index (χ3v) is 6.48. The highest BCUT2D eigenvalue weighted by Gasteiger charge is 2.23. The van der Waals surface area contributed by atoms with Crippen molar-refractivity contribution in [3.8, 4) is 0 Å². The molecule has 5 nitrogen and oxygen atoms in total. The molecule has 1 amide bonds. The van der Waals surface area contributed by atoms with Crippen molar-refractivity contribution in [2.45, 2.75) is 31.6 Å². The molecule has 2 aromatic heterocycles. The molecule has 6 heteroatoms. The van der Waals surface area contributed by atoms with Gasteiger partial charge >= 0.3 is 0 Å². The molecule has 1 saturated carbocycles. The van der Waals surface area contributed by atoms with Gasteiger partial charge in [-0.25, -0.2) is 0 Å². The number of aromatic nitrogens is 1. The molecule has 28 heavy (non-hydrogen) atoms. The second kappa shape index (κ2) is 9.28. The van der Waals surface area contributed by atoms with Crippen LogP contribution in [0.25, 0.3) is 10.1 Å². The van der Waals surface area contributed by atoms with E-state index in [-0.39, 0.29) is 12.8 Å². The zero-order chi connectivity index (χ0) is 18.6. The lowest BCUT2D eigenvalue weighted by molar-refractivity contribution is 0.103. The number of thiophene rings is 1. The number of amides is 1. The van der Waals surface area contributed by atoms with Crippen LogP contribution in [0.5, 0.6) is 0 Å². The van der Waals surface area contributed by atoms with Gasteiger partial charge in [0, 0.05) is 31.5 Å². The molecule has 0 aliphatic heterocycles. The van der Waals surface area contributed by atoms with Gasteiger partial charge in [0.25, 0.3) is 5.91 Å². The van der Waals surface area contributed by atoms with Gasteiger partial charge in [-0.1, -0.05) is 18.2 Å². The highest BCUT2D eigenvalue weighted by molar-refractivity contribution is 7.20. The van der Waals surface area contributed by atoms with Gasteiger partial charge in [-0.05, 0) is 61.3 Å². The third kappa shape index (κ3) is 4.58. The molecule has 2 heterocycles. The van der Waals surface area contributed by atoms with Gasteiger partial charge in [0.15, 0.2) is 0 Å². The van der Waals surface area contributed by atoms with E-state index in [1.807, 2.05) is 36.4 Å². The normalized spacial score (nSPS) is 19.2. The van der Waals surface area contributed by atoms with Crippen molar-refractivity contribution >= 4 is 33.0 Å².